The van der Waals surface area contributed by atoms with E-state index in [9.17, 15) is 4.79 Å². The number of H-pyrrole nitrogens is 1. The number of nitrogens with zero attached hydrogens (tertiary/aromatic N) is 2. The highest BCUT2D eigenvalue weighted by Crippen LogP contribution is 2.38. The topological polar surface area (TPSA) is 79.9 Å². The van der Waals surface area contributed by atoms with E-state index in [1.807, 2.05) is 37.3 Å². The minimum Gasteiger partial charge on any atom is -0.469 e. The van der Waals surface area contributed by atoms with E-state index in [1.165, 1.54) is 18.9 Å². The molecular weight excluding hydrogens is 416 g/mol. The fraction of sp³-hybridized carbons (Fsp3) is 0.211. The summed E-state index contributed by atoms with van der Waals surface area (Å²) in [6.45, 7) is 1.94. The minimum absolute atomic E-state index is 0.224. The molecular formula is C19H19ClN4O2S2. The molecule has 0 saturated carbocycles. The van der Waals surface area contributed by atoms with Crippen molar-refractivity contribution in [2.24, 2.45) is 0 Å². The normalized spacial score (nSPS) is 10.7. The predicted octanol–water partition coefficient (Wildman–Crippen LogP) is 5.32. The Kier molecular flexibility index (Phi) is 7.24. The Labute approximate surface area is 176 Å². The van der Waals surface area contributed by atoms with E-state index in [4.69, 9.17) is 11.6 Å². The first-order chi connectivity index (χ1) is 13.5. The molecule has 0 atom stereocenters. The van der Waals surface area contributed by atoms with Crippen LogP contribution < -0.4 is 5.32 Å². The molecule has 2 aromatic heterocycles. The first-order valence-electron chi connectivity index (χ1n) is 8.46. The predicted molar refractivity (Wildman–Crippen MR) is 114 cm³/mol. The highest BCUT2D eigenvalue weighted by Gasteiger charge is 2.12. The third kappa shape index (κ3) is 5.67. The minimum atomic E-state index is -0.224. The number of carbonyl (C=O) groups is 1. The van der Waals surface area contributed by atoms with Crippen LogP contribution in [-0.2, 0) is 9.53 Å². The first kappa shape index (κ1) is 20.6. The number of methoxy groups -OCH3 is 1. The number of thioether (sulfide) groups is 1. The molecule has 0 unspecified atom stereocenters. The number of pyridine rings is 1. The van der Waals surface area contributed by atoms with Crippen molar-refractivity contribution in [3.8, 4) is 0 Å². The van der Waals surface area contributed by atoms with Crippen LogP contribution in [0.5, 0.6) is 0 Å². The molecule has 146 valence electrons. The van der Waals surface area contributed by atoms with Crippen LogP contribution in [-0.4, -0.2) is 33.8 Å². The number of esters is 1. The van der Waals surface area contributed by atoms with E-state index in [2.05, 4.69) is 25.0 Å². The SMILES string of the molecule is COC(=O)CCSc1cnc(Nc2ncc(C)[nH]2)c(Sc2ccccc2Cl)c1. The van der Waals surface area contributed by atoms with E-state index in [-0.39, 0.29) is 5.97 Å². The highest BCUT2D eigenvalue weighted by atomic mass is 35.5. The molecule has 0 aliphatic rings. The number of benzene rings is 1. The molecule has 0 radical (unpaired) electrons. The van der Waals surface area contributed by atoms with Crippen molar-refractivity contribution in [1.82, 2.24) is 15.0 Å². The van der Waals surface area contributed by atoms with Gasteiger partial charge in [0.2, 0.25) is 5.95 Å². The van der Waals surface area contributed by atoms with Crippen molar-refractivity contribution in [2.75, 3.05) is 18.2 Å². The molecule has 0 amide bonds. The summed E-state index contributed by atoms with van der Waals surface area (Å²) >= 11 is 9.40. The zero-order valence-electron chi connectivity index (χ0n) is 15.4. The number of aromatic amines is 1. The number of aromatic nitrogens is 3. The van der Waals surface area contributed by atoms with Gasteiger partial charge in [-0.2, -0.15) is 0 Å². The number of nitrogens with one attached hydrogen (secondary N) is 2. The third-order valence-electron chi connectivity index (χ3n) is 3.63. The first-order valence-corrected chi connectivity index (χ1v) is 10.6. The molecule has 2 N–H and O–H groups in total. The zero-order chi connectivity index (χ0) is 19.9. The molecule has 0 saturated heterocycles. The molecule has 0 spiro atoms. The van der Waals surface area contributed by atoms with Crippen molar-refractivity contribution in [3.05, 3.63) is 53.4 Å². The number of anilines is 2. The van der Waals surface area contributed by atoms with Gasteiger partial charge in [0.05, 0.1) is 23.4 Å². The standard InChI is InChI=1S/C19H19ClN4O2S2/c1-12-10-22-19(23-12)24-18-16(28-15-6-4-3-5-14(15)20)9-13(11-21-18)27-8-7-17(25)26-2/h3-6,9-11H,7-8H2,1-2H3,(H2,21,22,23,24). The van der Waals surface area contributed by atoms with Gasteiger partial charge in [0, 0.05) is 33.6 Å². The number of rotatable bonds is 8. The Morgan fingerprint density at radius 2 is 2.07 bits per heavy atom. The maximum Gasteiger partial charge on any atom is 0.306 e. The Morgan fingerprint density at radius 3 is 2.79 bits per heavy atom. The number of aryl methyl sites for hydroxylation is 1. The van der Waals surface area contributed by atoms with Gasteiger partial charge < -0.3 is 15.0 Å². The van der Waals surface area contributed by atoms with Gasteiger partial charge in [-0.3, -0.25) is 4.79 Å². The average Bonchev–Trinajstić information content (AvgIpc) is 3.10. The Morgan fingerprint density at radius 1 is 1.25 bits per heavy atom. The number of ether oxygens (including phenoxy) is 1. The molecule has 6 nitrogen and oxygen atoms in total. The third-order valence-corrected chi connectivity index (χ3v) is 6.14. The summed E-state index contributed by atoms with van der Waals surface area (Å²) in [6, 6.07) is 9.69. The summed E-state index contributed by atoms with van der Waals surface area (Å²) in [7, 11) is 1.39. The van der Waals surface area contributed by atoms with Crippen LogP contribution in [0.3, 0.4) is 0 Å². The molecule has 0 aliphatic carbocycles. The molecule has 2 heterocycles. The second kappa shape index (κ2) is 9.86. The summed E-state index contributed by atoms with van der Waals surface area (Å²) in [6.07, 6.45) is 3.87. The van der Waals surface area contributed by atoms with Crippen molar-refractivity contribution >= 4 is 52.9 Å². The maximum atomic E-state index is 11.3. The summed E-state index contributed by atoms with van der Waals surface area (Å²) in [4.78, 5) is 26.1. The van der Waals surface area contributed by atoms with Gasteiger partial charge >= 0.3 is 5.97 Å². The summed E-state index contributed by atoms with van der Waals surface area (Å²) in [5.41, 5.74) is 0.956. The van der Waals surface area contributed by atoms with Crippen LogP contribution in [0.25, 0.3) is 0 Å². The Hall–Kier alpha value is -2.16. The van der Waals surface area contributed by atoms with Gasteiger partial charge in [-0.15, -0.1) is 11.8 Å². The van der Waals surface area contributed by atoms with Crippen molar-refractivity contribution < 1.29 is 9.53 Å². The van der Waals surface area contributed by atoms with Gasteiger partial charge in [-0.1, -0.05) is 35.5 Å². The smallest absolute Gasteiger partial charge is 0.306 e. The average molecular weight is 435 g/mol. The maximum absolute atomic E-state index is 11.3. The quantitative estimate of drug-likeness (QED) is 0.367. The largest absolute Gasteiger partial charge is 0.469 e. The molecule has 3 rings (SSSR count). The lowest BCUT2D eigenvalue weighted by Gasteiger charge is -2.12. The van der Waals surface area contributed by atoms with E-state index in [0.29, 0.717) is 29.0 Å². The van der Waals surface area contributed by atoms with Crippen molar-refractivity contribution in [1.29, 1.82) is 0 Å². The van der Waals surface area contributed by atoms with E-state index in [0.717, 1.165) is 20.4 Å². The van der Waals surface area contributed by atoms with Crippen molar-refractivity contribution in [2.45, 2.75) is 28.0 Å². The van der Waals surface area contributed by atoms with Crippen LogP contribution in [0.4, 0.5) is 11.8 Å². The molecule has 1 aromatic carbocycles. The molecule has 28 heavy (non-hydrogen) atoms. The van der Waals surface area contributed by atoms with E-state index < -0.39 is 0 Å². The molecule has 0 fully saturated rings. The van der Waals surface area contributed by atoms with Gasteiger partial charge in [-0.05, 0) is 25.1 Å². The van der Waals surface area contributed by atoms with Crippen LogP contribution in [0.15, 0.2) is 57.4 Å². The summed E-state index contributed by atoms with van der Waals surface area (Å²) in [5, 5.41) is 3.90. The monoisotopic (exact) mass is 434 g/mol. The lowest BCUT2D eigenvalue weighted by Crippen LogP contribution is -2.01. The number of imidazole rings is 1. The second-order valence-electron chi connectivity index (χ2n) is 5.76. The highest BCUT2D eigenvalue weighted by molar-refractivity contribution is 8.00. The van der Waals surface area contributed by atoms with Gasteiger partial charge in [0.1, 0.15) is 5.82 Å². The second-order valence-corrected chi connectivity index (χ2v) is 8.42. The van der Waals surface area contributed by atoms with Crippen LogP contribution in [0.1, 0.15) is 12.1 Å². The molecule has 9 heteroatoms. The van der Waals surface area contributed by atoms with Gasteiger partial charge in [-0.25, -0.2) is 9.97 Å². The van der Waals surface area contributed by atoms with Gasteiger partial charge in [0.15, 0.2) is 0 Å². The van der Waals surface area contributed by atoms with E-state index in [1.54, 1.807) is 24.2 Å². The molecule has 0 aliphatic heterocycles. The van der Waals surface area contributed by atoms with Gasteiger partial charge in [0.25, 0.3) is 0 Å². The molecule has 3 aromatic rings. The Balaban J connectivity index is 1.83. The van der Waals surface area contributed by atoms with Crippen molar-refractivity contribution in [3.63, 3.8) is 0 Å². The van der Waals surface area contributed by atoms with Crippen LogP contribution in [0, 0.1) is 6.92 Å². The zero-order valence-corrected chi connectivity index (χ0v) is 17.7. The summed E-state index contributed by atoms with van der Waals surface area (Å²) < 4.78 is 4.68. The number of hydrogen-bond acceptors (Lipinski definition) is 7. The summed E-state index contributed by atoms with van der Waals surface area (Å²) in [5.74, 6) is 1.70. The number of carbonyl (C=O) groups excluding carboxylic acids is 1. The lowest BCUT2D eigenvalue weighted by molar-refractivity contribution is -0.140. The number of hydrogen-bond donors (Lipinski definition) is 2. The molecule has 0 bridgehead atoms. The fourth-order valence-corrected chi connectivity index (χ4v) is 4.36. The van der Waals surface area contributed by atoms with E-state index >= 15 is 0 Å². The Bertz CT molecular complexity index is 965. The van der Waals surface area contributed by atoms with Crippen LogP contribution in [0.2, 0.25) is 5.02 Å². The van der Waals surface area contributed by atoms with Crippen LogP contribution >= 0.6 is 35.1 Å². The lowest BCUT2D eigenvalue weighted by atomic mass is 10.4. The fourth-order valence-electron chi connectivity index (χ4n) is 2.27. The number of halogens is 1.